The summed E-state index contributed by atoms with van der Waals surface area (Å²) in [6.07, 6.45) is 7.99. The highest BCUT2D eigenvalue weighted by molar-refractivity contribution is 7.97. The Bertz CT molecular complexity index is 691. The third-order valence-corrected chi connectivity index (χ3v) is 6.38. The summed E-state index contributed by atoms with van der Waals surface area (Å²) >= 11 is 1.39. The molecule has 28 heavy (non-hydrogen) atoms. The average molecular weight is 406 g/mol. The predicted octanol–water partition coefficient (Wildman–Crippen LogP) is 3.32. The van der Waals surface area contributed by atoms with Crippen LogP contribution in [-0.4, -0.2) is 49.9 Å². The molecule has 0 unspecified atom stereocenters. The summed E-state index contributed by atoms with van der Waals surface area (Å²) in [5.41, 5.74) is 6.60. The number of carbonyl (C=O) groups is 2. The molecule has 2 N–H and O–H groups in total. The molecule has 0 radical (unpaired) electrons. The Morgan fingerprint density at radius 1 is 1.14 bits per heavy atom. The molecule has 1 aromatic rings. The maximum Gasteiger partial charge on any atom is 0.329 e. The lowest BCUT2D eigenvalue weighted by atomic mass is 9.99. The summed E-state index contributed by atoms with van der Waals surface area (Å²) in [5, 5.41) is 3.13. The van der Waals surface area contributed by atoms with Crippen molar-refractivity contribution in [1.29, 1.82) is 0 Å². The highest BCUT2D eigenvalue weighted by Gasteiger charge is 2.24. The minimum Gasteiger partial charge on any atom is -0.384 e. The van der Waals surface area contributed by atoms with Crippen molar-refractivity contribution in [2.24, 2.45) is 0 Å². The maximum absolute atomic E-state index is 12.4. The summed E-state index contributed by atoms with van der Waals surface area (Å²) in [5.74, 6) is 0.852. The van der Waals surface area contributed by atoms with Gasteiger partial charge in [0.05, 0.1) is 13.0 Å². The van der Waals surface area contributed by atoms with E-state index in [2.05, 4.69) is 16.1 Å². The van der Waals surface area contributed by atoms with Crippen LogP contribution in [0, 0.1) is 0 Å². The van der Waals surface area contributed by atoms with Gasteiger partial charge in [-0.1, -0.05) is 6.07 Å². The molecule has 6 nitrogen and oxygen atoms in total. The molecule has 3 rings (SSSR count). The Morgan fingerprint density at radius 2 is 1.82 bits per heavy atom. The number of anilines is 1. The van der Waals surface area contributed by atoms with Gasteiger partial charge in [0.1, 0.15) is 0 Å². The maximum atomic E-state index is 12.4. The number of nitrogens with one attached hydrogen (secondary N) is 2. The monoisotopic (exact) mass is 405 g/mol. The zero-order valence-corrected chi connectivity index (χ0v) is 17.8. The second kappa shape index (κ2) is 10.2. The molecule has 154 valence electrons. The van der Waals surface area contributed by atoms with Crippen LogP contribution in [0.4, 0.5) is 10.5 Å². The number of methoxy groups -OCH3 is 1. The second-order valence-corrected chi connectivity index (χ2v) is 8.45. The van der Waals surface area contributed by atoms with Crippen molar-refractivity contribution < 1.29 is 14.3 Å². The van der Waals surface area contributed by atoms with Crippen LogP contribution in [0.3, 0.4) is 0 Å². The lowest BCUT2D eigenvalue weighted by Crippen LogP contribution is -2.29. The van der Waals surface area contributed by atoms with Crippen molar-refractivity contribution in [3.05, 3.63) is 28.3 Å². The number of hydrogen-bond acceptors (Lipinski definition) is 4. The van der Waals surface area contributed by atoms with E-state index in [1.807, 2.05) is 0 Å². The predicted molar refractivity (Wildman–Crippen MR) is 114 cm³/mol. The fourth-order valence-corrected chi connectivity index (χ4v) is 4.66. The average Bonchev–Trinajstić information content (AvgIpc) is 3.34. The van der Waals surface area contributed by atoms with E-state index < -0.39 is 0 Å². The smallest absolute Gasteiger partial charge is 0.329 e. The van der Waals surface area contributed by atoms with Crippen molar-refractivity contribution in [3.63, 3.8) is 0 Å². The molecule has 0 aliphatic heterocycles. The fraction of sp³-hybridized carbons (Fsp3) is 0.619. The van der Waals surface area contributed by atoms with Crippen LogP contribution in [0.25, 0.3) is 0 Å². The number of aryl methyl sites for hydroxylation is 2. The summed E-state index contributed by atoms with van der Waals surface area (Å²) in [7, 11) is 3.40. The summed E-state index contributed by atoms with van der Waals surface area (Å²) in [6.45, 7) is 1.13. The van der Waals surface area contributed by atoms with E-state index in [4.69, 9.17) is 4.74 Å². The van der Waals surface area contributed by atoms with E-state index in [1.54, 1.807) is 19.1 Å². The van der Waals surface area contributed by atoms with Crippen LogP contribution in [-0.2, 0) is 35.2 Å². The standard InChI is InChI=1S/C21H31N3O3S/c1-24(19(25)10-12-27-2)11-5-13-28-23-21(26)22-20-17-8-3-6-15(17)14-16-7-4-9-18(16)20/h14H,3-13H2,1-2H3,(H2,22,23,26). The van der Waals surface area contributed by atoms with Gasteiger partial charge < -0.3 is 15.0 Å². The van der Waals surface area contributed by atoms with E-state index in [1.165, 1.54) is 47.0 Å². The summed E-state index contributed by atoms with van der Waals surface area (Å²) in [4.78, 5) is 26.0. The molecule has 0 spiro atoms. The molecule has 0 saturated carbocycles. The van der Waals surface area contributed by atoms with Gasteiger partial charge in [-0.2, -0.15) is 0 Å². The molecule has 7 heteroatoms. The molecular weight excluding hydrogens is 374 g/mol. The molecule has 0 bridgehead atoms. The van der Waals surface area contributed by atoms with Gasteiger partial charge in [0.25, 0.3) is 0 Å². The molecule has 1 aromatic carbocycles. The molecule has 0 fully saturated rings. The highest BCUT2D eigenvalue weighted by atomic mass is 32.2. The number of hydrogen-bond donors (Lipinski definition) is 2. The van der Waals surface area contributed by atoms with E-state index in [0.717, 1.165) is 43.5 Å². The van der Waals surface area contributed by atoms with Crippen molar-refractivity contribution in [3.8, 4) is 0 Å². The van der Waals surface area contributed by atoms with Crippen LogP contribution in [0.2, 0.25) is 0 Å². The topological polar surface area (TPSA) is 70.7 Å². The number of nitrogens with zero attached hydrogens (tertiary/aromatic N) is 1. The number of fused-ring (bicyclic) bond motifs is 2. The van der Waals surface area contributed by atoms with E-state index in [-0.39, 0.29) is 11.9 Å². The number of rotatable bonds is 9. The summed E-state index contributed by atoms with van der Waals surface area (Å²) < 4.78 is 7.82. The summed E-state index contributed by atoms with van der Waals surface area (Å²) in [6, 6.07) is 2.22. The normalized spacial score (nSPS) is 14.5. The van der Waals surface area contributed by atoms with Crippen molar-refractivity contribution in [2.75, 3.05) is 38.4 Å². The van der Waals surface area contributed by atoms with E-state index >= 15 is 0 Å². The lowest BCUT2D eigenvalue weighted by molar-refractivity contribution is -0.130. The van der Waals surface area contributed by atoms with Crippen molar-refractivity contribution in [1.82, 2.24) is 9.62 Å². The third kappa shape index (κ3) is 5.20. The molecular formula is C21H31N3O3S. The van der Waals surface area contributed by atoms with Gasteiger partial charge in [0.15, 0.2) is 0 Å². The zero-order valence-electron chi connectivity index (χ0n) is 16.9. The van der Waals surface area contributed by atoms with Gasteiger partial charge in [0.2, 0.25) is 5.91 Å². The molecule has 0 heterocycles. The van der Waals surface area contributed by atoms with Gasteiger partial charge in [-0.15, -0.1) is 0 Å². The molecule has 0 saturated heterocycles. The fourth-order valence-electron chi connectivity index (χ4n) is 4.10. The van der Waals surface area contributed by atoms with E-state index in [0.29, 0.717) is 19.6 Å². The minimum atomic E-state index is -0.149. The quantitative estimate of drug-likeness (QED) is 0.488. The number of ether oxygens (including phenoxy) is 1. The van der Waals surface area contributed by atoms with Gasteiger partial charge in [-0.25, -0.2) is 4.79 Å². The largest absolute Gasteiger partial charge is 0.384 e. The van der Waals surface area contributed by atoms with Gasteiger partial charge in [-0.3, -0.25) is 9.52 Å². The molecule has 2 aliphatic rings. The number of carbonyl (C=O) groups excluding carboxylic acids is 2. The SMILES string of the molecule is COCCC(=O)N(C)CCCSNC(=O)Nc1c2c(cc3c1CCC3)CCC2. The lowest BCUT2D eigenvalue weighted by Gasteiger charge is -2.17. The Balaban J connectivity index is 1.42. The zero-order chi connectivity index (χ0) is 19.9. The highest BCUT2D eigenvalue weighted by Crippen LogP contribution is 2.38. The number of amides is 3. The first-order valence-electron chi connectivity index (χ1n) is 10.2. The Kier molecular flexibility index (Phi) is 7.62. The van der Waals surface area contributed by atoms with Crippen molar-refractivity contribution in [2.45, 2.75) is 51.4 Å². The Morgan fingerprint density at radius 3 is 2.46 bits per heavy atom. The van der Waals surface area contributed by atoms with Crippen LogP contribution < -0.4 is 10.0 Å². The van der Waals surface area contributed by atoms with Crippen LogP contribution in [0.1, 0.15) is 47.9 Å². The molecule has 2 aliphatic carbocycles. The van der Waals surface area contributed by atoms with Crippen LogP contribution in [0.15, 0.2) is 6.07 Å². The third-order valence-electron chi connectivity index (χ3n) is 5.56. The molecule has 3 amide bonds. The number of benzene rings is 1. The van der Waals surface area contributed by atoms with Crippen LogP contribution >= 0.6 is 11.9 Å². The van der Waals surface area contributed by atoms with Crippen molar-refractivity contribution >= 4 is 29.6 Å². The van der Waals surface area contributed by atoms with Gasteiger partial charge in [-0.05, 0) is 79.1 Å². The minimum absolute atomic E-state index is 0.0874. The molecule has 0 atom stereocenters. The first-order valence-corrected chi connectivity index (χ1v) is 11.2. The Labute approximate surface area is 171 Å². The second-order valence-electron chi connectivity index (χ2n) is 7.55. The Hall–Kier alpha value is -1.73. The van der Waals surface area contributed by atoms with E-state index in [9.17, 15) is 9.59 Å². The molecule has 0 aromatic heterocycles. The number of urea groups is 1. The van der Waals surface area contributed by atoms with Gasteiger partial charge in [0, 0.05) is 32.1 Å². The first-order chi connectivity index (χ1) is 13.6. The first kappa shape index (κ1) is 21.0. The van der Waals surface area contributed by atoms with Crippen LogP contribution in [0.5, 0.6) is 0 Å². The van der Waals surface area contributed by atoms with Gasteiger partial charge >= 0.3 is 6.03 Å².